The van der Waals surface area contributed by atoms with Gasteiger partial charge in [0.1, 0.15) is 5.78 Å². The SMILES string of the molecule is CCC(CC(C)C(=O)C(C)C)NC(C)C. The summed E-state index contributed by atoms with van der Waals surface area (Å²) < 4.78 is 0. The van der Waals surface area contributed by atoms with Crippen LogP contribution in [0.4, 0.5) is 0 Å². The maximum Gasteiger partial charge on any atom is 0.138 e. The van der Waals surface area contributed by atoms with Crippen LogP contribution in [-0.4, -0.2) is 17.9 Å². The second kappa shape index (κ2) is 7.00. The van der Waals surface area contributed by atoms with Gasteiger partial charge in [-0.15, -0.1) is 0 Å². The molecule has 0 bridgehead atoms. The number of hydrogen-bond donors (Lipinski definition) is 1. The summed E-state index contributed by atoms with van der Waals surface area (Å²) in [6, 6.07) is 0.971. The highest BCUT2D eigenvalue weighted by atomic mass is 16.1. The van der Waals surface area contributed by atoms with Crippen LogP contribution in [0.15, 0.2) is 0 Å². The fourth-order valence-electron chi connectivity index (χ4n) is 1.94. The van der Waals surface area contributed by atoms with Crippen molar-refractivity contribution in [3.63, 3.8) is 0 Å². The van der Waals surface area contributed by atoms with E-state index >= 15 is 0 Å². The summed E-state index contributed by atoms with van der Waals surface area (Å²) in [6.45, 7) is 12.5. The van der Waals surface area contributed by atoms with Gasteiger partial charge in [0, 0.05) is 23.9 Å². The van der Waals surface area contributed by atoms with E-state index in [4.69, 9.17) is 0 Å². The average Bonchev–Trinajstić information content (AvgIpc) is 2.14. The topological polar surface area (TPSA) is 29.1 Å². The van der Waals surface area contributed by atoms with Crippen LogP contribution in [0.1, 0.15) is 54.4 Å². The Kier molecular flexibility index (Phi) is 6.82. The minimum Gasteiger partial charge on any atom is -0.312 e. The highest BCUT2D eigenvalue weighted by Crippen LogP contribution is 2.14. The Bertz CT molecular complexity index is 187. The van der Waals surface area contributed by atoms with E-state index in [9.17, 15) is 4.79 Å². The Labute approximate surface area is 94.8 Å². The van der Waals surface area contributed by atoms with Crippen molar-refractivity contribution in [2.75, 3.05) is 0 Å². The molecule has 0 aliphatic rings. The van der Waals surface area contributed by atoms with Crippen molar-refractivity contribution >= 4 is 5.78 Å². The predicted octanol–water partition coefficient (Wildman–Crippen LogP) is 3.01. The van der Waals surface area contributed by atoms with E-state index in [2.05, 4.69) is 26.1 Å². The maximum absolute atomic E-state index is 11.8. The molecule has 0 saturated heterocycles. The van der Waals surface area contributed by atoms with Crippen LogP contribution in [-0.2, 0) is 4.79 Å². The van der Waals surface area contributed by atoms with E-state index in [1.54, 1.807) is 0 Å². The Morgan fingerprint density at radius 2 is 1.67 bits per heavy atom. The monoisotopic (exact) mass is 213 g/mol. The standard InChI is InChI=1S/C13H27NO/c1-7-12(14-10(4)5)8-11(6)13(15)9(2)3/h9-12,14H,7-8H2,1-6H3. The first kappa shape index (κ1) is 14.6. The number of carbonyl (C=O) groups is 1. The molecule has 0 amide bonds. The molecule has 0 aromatic heterocycles. The lowest BCUT2D eigenvalue weighted by Gasteiger charge is -2.23. The summed E-state index contributed by atoms with van der Waals surface area (Å²) >= 11 is 0. The van der Waals surface area contributed by atoms with Crippen molar-refractivity contribution in [2.45, 2.75) is 66.5 Å². The second-order valence-corrected chi connectivity index (χ2v) is 5.12. The summed E-state index contributed by atoms with van der Waals surface area (Å²) in [4.78, 5) is 11.8. The molecule has 0 aromatic rings. The smallest absolute Gasteiger partial charge is 0.138 e. The molecule has 0 fully saturated rings. The van der Waals surface area contributed by atoms with Gasteiger partial charge in [0.25, 0.3) is 0 Å². The summed E-state index contributed by atoms with van der Waals surface area (Å²) in [5.74, 6) is 0.733. The quantitative estimate of drug-likeness (QED) is 0.704. The first-order valence-corrected chi connectivity index (χ1v) is 6.18. The van der Waals surface area contributed by atoms with Gasteiger partial charge >= 0.3 is 0 Å². The van der Waals surface area contributed by atoms with Gasteiger partial charge in [0.15, 0.2) is 0 Å². The van der Waals surface area contributed by atoms with Gasteiger partial charge in [-0.25, -0.2) is 0 Å². The first-order valence-electron chi connectivity index (χ1n) is 6.18. The molecule has 0 aliphatic heterocycles. The number of hydrogen-bond acceptors (Lipinski definition) is 2. The van der Waals surface area contributed by atoms with Crippen LogP contribution in [0.5, 0.6) is 0 Å². The van der Waals surface area contributed by atoms with Crippen molar-refractivity contribution < 1.29 is 4.79 Å². The highest BCUT2D eigenvalue weighted by Gasteiger charge is 2.20. The number of nitrogens with one attached hydrogen (secondary N) is 1. The Morgan fingerprint density at radius 3 is 2.00 bits per heavy atom. The summed E-state index contributed by atoms with van der Waals surface area (Å²) in [7, 11) is 0. The summed E-state index contributed by atoms with van der Waals surface area (Å²) in [6.07, 6.45) is 2.06. The molecule has 90 valence electrons. The molecule has 2 atom stereocenters. The molecular formula is C13H27NO. The fourth-order valence-corrected chi connectivity index (χ4v) is 1.94. The van der Waals surface area contributed by atoms with Gasteiger partial charge in [-0.05, 0) is 12.8 Å². The van der Waals surface area contributed by atoms with E-state index in [0.29, 0.717) is 17.9 Å². The van der Waals surface area contributed by atoms with Crippen LogP contribution in [0.25, 0.3) is 0 Å². The van der Waals surface area contributed by atoms with Crippen molar-refractivity contribution in [3.8, 4) is 0 Å². The van der Waals surface area contributed by atoms with E-state index < -0.39 is 0 Å². The van der Waals surface area contributed by atoms with Crippen molar-refractivity contribution in [3.05, 3.63) is 0 Å². The summed E-state index contributed by atoms with van der Waals surface area (Å²) in [5, 5.41) is 3.50. The van der Waals surface area contributed by atoms with Crippen LogP contribution < -0.4 is 5.32 Å². The van der Waals surface area contributed by atoms with Crippen LogP contribution in [0.2, 0.25) is 0 Å². The molecule has 0 saturated carbocycles. The molecule has 2 heteroatoms. The number of rotatable bonds is 7. The Morgan fingerprint density at radius 1 is 1.13 bits per heavy atom. The molecule has 0 aliphatic carbocycles. The van der Waals surface area contributed by atoms with Crippen LogP contribution in [0.3, 0.4) is 0 Å². The zero-order valence-electron chi connectivity index (χ0n) is 11.1. The van der Waals surface area contributed by atoms with Crippen molar-refractivity contribution in [2.24, 2.45) is 11.8 Å². The Balaban J connectivity index is 4.11. The fraction of sp³-hybridized carbons (Fsp3) is 0.923. The van der Waals surface area contributed by atoms with Gasteiger partial charge < -0.3 is 5.32 Å². The molecule has 0 rings (SSSR count). The van der Waals surface area contributed by atoms with Gasteiger partial charge in [0.2, 0.25) is 0 Å². The van der Waals surface area contributed by atoms with E-state index in [1.807, 2.05) is 20.8 Å². The van der Waals surface area contributed by atoms with Crippen LogP contribution >= 0.6 is 0 Å². The molecule has 0 spiro atoms. The molecule has 15 heavy (non-hydrogen) atoms. The van der Waals surface area contributed by atoms with E-state index in [-0.39, 0.29) is 11.8 Å². The molecular weight excluding hydrogens is 186 g/mol. The summed E-state index contributed by atoms with van der Waals surface area (Å²) in [5.41, 5.74) is 0. The molecule has 2 nitrogen and oxygen atoms in total. The zero-order chi connectivity index (χ0) is 12.0. The van der Waals surface area contributed by atoms with Gasteiger partial charge in [-0.1, -0.05) is 41.5 Å². The minimum atomic E-state index is 0.163. The van der Waals surface area contributed by atoms with Gasteiger partial charge in [-0.3, -0.25) is 4.79 Å². The van der Waals surface area contributed by atoms with Gasteiger partial charge in [0.05, 0.1) is 0 Å². The number of ketones is 1. The minimum absolute atomic E-state index is 0.163. The van der Waals surface area contributed by atoms with Crippen LogP contribution in [0, 0.1) is 11.8 Å². The molecule has 1 N–H and O–H groups in total. The van der Waals surface area contributed by atoms with E-state index in [0.717, 1.165) is 12.8 Å². The normalized spacial score (nSPS) is 15.7. The number of carbonyl (C=O) groups excluding carboxylic acids is 1. The lowest BCUT2D eigenvalue weighted by Crippen LogP contribution is -2.37. The van der Waals surface area contributed by atoms with E-state index in [1.165, 1.54) is 0 Å². The molecule has 2 unspecified atom stereocenters. The number of Topliss-reactive ketones (excluding diaryl/α,β-unsaturated/α-hetero) is 1. The predicted molar refractivity (Wildman–Crippen MR) is 66.0 cm³/mol. The third kappa shape index (κ3) is 5.93. The zero-order valence-corrected chi connectivity index (χ0v) is 11.1. The third-order valence-electron chi connectivity index (χ3n) is 2.75. The van der Waals surface area contributed by atoms with Gasteiger partial charge in [-0.2, -0.15) is 0 Å². The van der Waals surface area contributed by atoms with Crippen molar-refractivity contribution in [1.82, 2.24) is 5.32 Å². The molecule has 0 aromatic carbocycles. The molecule has 0 radical (unpaired) electrons. The third-order valence-corrected chi connectivity index (χ3v) is 2.75. The molecule has 0 heterocycles. The second-order valence-electron chi connectivity index (χ2n) is 5.12. The lowest BCUT2D eigenvalue weighted by atomic mass is 9.90. The lowest BCUT2D eigenvalue weighted by molar-refractivity contribution is -0.125. The largest absolute Gasteiger partial charge is 0.312 e. The average molecular weight is 213 g/mol. The van der Waals surface area contributed by atoms with Crippen molar-refractivity contribution in [1.29, 1.82) is 0 Å². The highest BCUT2D eigenvalue weighted by molar-refractivity contribution is 5.82. The maximum atomic E-state index is 11.8. The Hall–Kier alpha value is -0.370. The first-order chi connectivity index (χ1) is 6.88.